The molecule has 22 heavy (non-hydrogen) atoms. The number of nitrogens with two attached hydrogens (primary N) is 1. The van der Waals surface area contributed by atoms with Crippen LogP contribution in [0.25, 0.3) is 0 Å². The van der Waals surface area contributed by atoms with Crippen LogP contribution >= 0.6 is 0 Å². The molecule has 0 aromatic carbocycles. The second kappa shape index (κ2) is 5.16. The summed E-state index contributed by atoms with van der Waals surface area (Å²) < 4.78 is 33.2. The highest BCUT2D eigenvalue weighted by Gasteiger charge is 2.24. The van der Waals surface area contributed by atoms with Gasteiger partial charge in [-0.25, -0.2) is 13.1 Å². The van der Waals surface area contributed by atoms with Gasteiger partial charge in [0, 0.05) is 24.7 Å². The van der Waals surface area contributed by atoms with Crippen LogP contribution in [-0.2, 0) is 22.5 Å². The van der Waals surface area contributed by atoms with E-state index in [1.807, 2.05) is 20.8 Å². The van der Waals surface area contributed by atoms with Gasteiger partial charge in [0.25, 0.3) is 15.9 Å². The van der Waals surface area contributed by atoms with E-state index < -0.39 is 15.9 Å². The fourth-order valence-electron chi connectivity index (χ4n) is 1.79. The quantitative estimate of drug-likeness (QED) is 0.875. The van der Waals surface area contributed by atoms with Crippen LogP contribution < -0.4 is 10.5 Å². The molecule has 0 aliphatic heterocycles. The summed E-state index contributed by atoms with van der Waals surface area (Å²) in [6, 6.07) is 2.72. The normalized spacial score (nSPS) is 12.4. The van der Waals surface area contributed by atoms with Crippen LogP contribution in [0, 0.1) is 0 Å². The number of nitrogens with zero attached hydrogens (tertiary/aromatic N) is 2. The first-order chi connectivity index (χ1) is 10.0. The number of sulfonamides is 1. The summed E-state index contributed by atoms with van der Waals surface area (Å²) in [5, 5.41) is 3.84. The average Bonchev–Trinajstić information content (AvgIpc) is 2.94. The van der Waals surface area contributed by atoms with E-state index in [-0.39, 0.29) is 21.9 Å². The van der Waals surface area contributed by atoms with Gasteiger partial charge in [-0.2, -0.15) is 0 Å². The number of aromatic nitrogens is 2. The predicted molar refractivity (Wildman–Crippen MR) is 79.9 cm³/mol. The van der Waals surface area contributed by atoms with Crippen molar-refractivity contribution in [2.24, 2.45) is 12.8 Å². The van der Waals surface area contributed by atoms with Crippen LogP contribution in [0.2, 0.25) is 0 Å². The second-order valence-corrected chi connectivity index (χ2v) is 7.65. The Hall–Kier alpha value is -2.29. The molecule has 1 amide bonds. The standard InChI is InChI=1S/C13H18N4O4S/c1-13(2,3)10-6-11(21-15-10)16-22(19,20)8-5-9(12(14)18)17(4)7-8/h5-7,16H,1-4H3,(H2,14,18). The van der Waals surface area contributed by atoms with Crippen molar-refractivity contribution in [2.45, 2.75) is 31.1 Å². The van der Waals surface area contributed by atoms with E-state index in [2.05, 4.69) is 9.88 Å². The van der Waals surface area contributed by atoms with Crippen molar-refractivity contribution in [2.75, 3.05) is 4.72 Å². The van der Waals surface area contributed by atoms with E-state index in [9.17, 15) is 13.2 Å². The molecule has 120 valence electrons. The van der Waals surface area contributed by atoms with Crippen LogP contribution in [0.15, 0.2) is 27.7 Å². The monoisotopic (exact) mass is 326 g/mol. The molecule has 0 aliphatic carbocycles. The number of aryl methyl sites for hydroxylation is 1. The number of anilines is 1. The lowest BCUT2D eigenvalue weighted by molar-refractivity contribution is 0.0992. The van der Waals surface area contributed by atoms with Crippen molar-refractivity contribution in [3.05, 3.63) is 29.7 Å². The highest BCUT2D eigenvalue weighted by Crippen LogP contribution is 2.25. The van der Waals surface area contributed by atoms with Crippen molar-refractivity contribution in [1.82, 2.24) is 9.72 Å². The first-order valence-electron chi connectivity index (χ1n) is 6.47. The zero-order valence-electron chi connectivity index (χ0n) is 12.7. The Balaban J connectivity index is 2.30. The third kappa shape index (κ3) is 3.14. The molecule has 0 radical (unpaired) electrons. The lowest BCUT2D eigenvalue weighted by Gasteiger charge is -2.12. The van der Waals surface area contributed by atoms with Crippen LogP contribution in [0.1, 0.15) is 37.0 Å². The third-order valence-corrected chi connectivity index (χ3v) is 4.37. The first kappa shape index (κ1) is 16.1. The molecule has 0 bridgehead atoms. The fourth-order valence-corrected chi connectivity index (χ4v) is 2.84. The Bertz CT molecular complexity index is 811. The van der Waals surface area contributed by atoms with E-state index in [0.717, 1.165) is 0 Å². The van der Waals surface area contributed by atoms with Crippen molar-refractivity contribution >= 4 is 21.8 Å². The minimum absolute atomic E-state index is 0.00871. The van der Waals surface area contributed by atoms with Gasteiger partial charge in [0.1, 0.15) is 10.6 Å². The molecule has 3 N–H and O–H groups in total. The number of primary amides is 1. The van der Waals surface area contributed by atoms with Gasteiger partial charge in [-0.3, -0.25) is 4.79 Å². The molecular weight excluding hydrogens is 308 g/mol. The number of carbonyl (C=O) groups is 1. The smallest absolute Gasteiger partial charge is 0.265 e. The van der Waals surface area contributed by atoms with Crippen molar-refractivity contribution in [3.63, 3.8) is 0 Å². The summed E-state index contributed by atoms with van der Waals surface area (Å²) in [4.78, 5) is 11.1. The van der Waals surface area contributed by atoms with Crippen LogP contribution in [0.4, 0.5) is 5.88 Å². The van der Waals surface area contributed by atoms with Crippen LogP contribution in [0.3, 0.4) is 0 Å². The highest BCUT2D eigenvalue weighted by atomic mass is 32.2. The summed E-state index contributed by atoms with van der Waals surface area (Å²) >= 11 is 0. The van der Waals surface area contributed by atoms with E-state index in [1.54, 1.807) is 0 Å². The van der Waals surface area contributed by atoms with Gasteiger partial charge >= 0.3 is 0 Å². The lowest BCUT2D eigenvalue weighted by Crippen LogP contribution is -2.14. The summed E-state index contributed by atoms with van der Waals surface area (Å²) in [5.74, 6) is -0.701. The molecule has 0 spiro atoms. The number of carbonyl (C=O) groups excluding carboxylic acids is 1. The summed E-state index contributed by atoms with van der Waals surface area (Å²) in [7, 11) is -2.36. The van der Waals surface area contributed by atoms with Gasteiger partial charge in [0.05, 0.1) is 5.69 Å². The van der Waals surface area contributed by atoms with Gasteiger partial charge in [-0.05, 0) is 6.07 Å². The van der Waals surface area contributed by atoms with E-state index >= 15 is 0 Å². The molecule has 9 heteroatoms. The van der Waals surface area contributed by atoms with Gasteiger partial charge in [-0.1, -0.05) is 25.9 Å². The molecule has 0 aliphatic rings. The zero-order chi connectivity index (χ0) is 16.7. The van der Waals surface area contributed by atoms with E-state index in [4.69, 9.17) is 10.3 Å². The minimum atomic E-state index is -3.89. The molecule has 0 fully saturated rings. The van der Waals surface area contributed by atoms with Gasteiger partial charge in [0.2, 0.25) is 5.88 Å². The molecule has 2 heterocycles. The largest absolute Gasteiger partial charge is 0.364 e. The Morgan fingerprint density at radius 1 is 1.36 bits per heavy atom. The van der Waals surface area contributed by atoms with Crippen molar-refractivity contribution in [3.8, 4) is 0 Å². The number of hydrogen-bond donors (Lipinski definition) is 2. The summed E-state index contributed by atoms with van der Waals surface area (Å²) in [6.07, 6.45) is 1.30. The number of nitrogens with one attached hydrogen (secondary N) is 1. The summed E-state index contributed by atoms with van der Waals surface area (Å²) in [6.45, 7) is 5.79. The van der Waals surface area contributed by atoms with E-state index in [0.29, 0.717) is 5.69 Å². The molecular formula is C13H18N4O4S. The predicted octanol–water partition coefficient (Wildman–Crippen LogP) is 1.21. The van der Waals surface area contributed by atoms with Crippen LogP contribution in [-0.4, -0.2) is 24.0 Å². The topological polar surface area (TPSA) is 120 Å². The minimum Gasteiger partial charge on any atom is -0.364 e. The number of hydrogen-bond acceptors (Lipinski definition) is 5. The molecule has 0 unspecified atom stereocenters. The number of rotatable bonds is 4. The molecule has 2 aromatic heterocycles. The average molecular weight is 326 g/mol. The van der Waals surface area contributed by atoms with Crippen molar-refractivity contribution in [1.29, 1.82) is 0 Å². The maximum Gasteiger partial charge on any atom is 0.265 e. The third-order valence-electron chi connectivity index (χ3n) is 3.06. The molecule has 2 aromatic rings. The molecule has 0 saturated heterocycles. The maximum atomic E-state index is 12.3. The second-order valence-electron chi connectivity index (χ2n) is 5.97. The summed E-state index contributed by atoms with van der Waals surface area (Å²) in [5.41, 5.74) is 5.62. The van der Waals surface area contributed by atoms with E-state index in [1.165, 1.54) is 29.9 Å². The van der Waals surface area contributed by atoms with Gasteiger partial charge in [0.15, 0.2) is 0 Å². The molecule has 0 atom stereocenters. The molecule has 2 rings (SSSR count). The Labute approximate surface area is 128 Å². The SMILES string of the molecule is Cn1cc(S(=O)(=O)Nc2cc(C(C)(C)C)no2)cc1C(N)=O. The maximum absolute atomic E-state index is 12.3. The van der Waals surface area contributed by atoms with Gasteiger partial charge in [-0.15, -0.1) is 0 Å². The van der Waals surface area contributed by atoms with Crippen LogP contribution in [0.5, 0.6) is 0 Å². The molecule has 0 saturated carbocycles. The fraction of sp³-hybridized carbons (Fsp3) is 0.385. The Kier molecular flexibility index (Phi) is 3.78. The van der Waals surface area contributed by atoms with Crippen molar-refractivity contribution < 1.29 is 17.7 Å². The Morgan fingerprint density at radius 3 is 2.45 bits per heavy atom. The molecule has 8 nitrogen and oxygen atoms in total. The zero-order valence-corrected chi connectivity index (χ0v) is 13.6. The first-order valence-corrected chi connectivity index (χ1v) is 7.95. The Morgan fingerprint density at radius 2 is 2.00 bits per heavy atom. The van der Waals surface area contributed by atoms with Gasteiger partial charge < -0.3 is 14.8 Å². The highest BCUT2D eigenvalue weighted by molar-refractivity contribution is 7.92. The lowest BCUT2D eigenvalue weighted by atomic mass is 9.92. The number of amides is 1.